The predicted octanol–water partition coefficient (Wildman–Crippen LogP) is 2.73. The zero-order valence-electron chi connectivity index (χ0n) is 7.30. The molecule has 1 heteroatoms. The van der Waals surface area contributed by atoms with Gasteiger partial charge in [0.05, 0.1) is 0 Å². The Morgan fingerprint density at radius 1 is 1.36 bits per heavy atom. The van der Waals surface area contributed by atoms with Crippen molar-refractivity contribution < 1.29 is 0 Å². The zero-order valence-corrected chi connectivity index (χ0v) is 7.30. The summed E-state index contributed by atoms with van der Waals surface area (Å²) in [5.74, 6) is 0. The lowest BCUT2D eigenvalue weighted by atomic mass is 10.2. The Labute approximate surface area is 68.5 Å². The summed E-state index contributed by atoms with van der Waals surface area (Å²) in [6.07, 6.45) is 5.55. The Morgan fingerprint density at radius 3 is 2.73 bits per heavy atom. The largest absolute Gasteiger partial charge is 0.261 e. The molecule has 0 saturated heterocycles. The number of pyridine rings is 1. The van der Waals surface area contributed by atoms with E-state index in [1.54, 1.807) is 0 Å². The van der Waals surface area contributed by atoms with Crippen LogP contribution in [0.25, 0.3) is 0 Å². The van der Waals surface area contributed by atoms with Gasteiger partial charge in [0.2, 0.25) is 0 Å². The molecule has 0 bridgehead atoms. The highest BCUT2D eigenvalue weighted by Crippen LogP contribution is 2.02. The lowest BCUT2D eigenvalue weighted by molar-refractivity contribution is 0.776. The lowest BCUT2D eigenvalue weighted by Crippen LogP contribution is -1.88. The van der Waals surface area contributed by atoms with Crippen LogP contribution < -0.4 is 0 Å². The molecule has 0 saturated carbocycles. The van der Waals surface area contributed by atoms with Crippen LogP contribution in [0.1, 0.15) is 31.0 Å². The summed E-state index contributed by atoms with van der Waals surface area (Å²) in [7, 11) is 0. The normalized spacial score (nSPS) is 10.0. The molecule has 1 aromatic rings. The van der Waals surface area contributed by atoms with Gasteiger partial charge >= 0.3 is 0 Å². The molecule has 0 fully saturated rings. The van der Waals surface area contributed by atoms with Crippen LogP contribution in [0.4, 0.5) is 0 Å². The molecule has 11 heavy (non-hydrogen) atoms. The van der Waals surface area contributed by atoms with Gasteiger partial charge in [-0.15, -0.1) is 0 Å². The van der Waals surface area contributed by atoms with Crippen LogP contribution in [0.5, 0.6) is 0 Å². The van der Waals surface area contributed by atoms with E-state index in [2.05, 4.69) is 31.0 Å². The number of hydrogen-bond donors (Lipinski definition) is 0. The number of rotatable bonds is 3. The monoisotopic (exact) mass is 149 g/mol. The van der Waals surface area contributed by atoms with Gasteiger partial charge in [0.15, 0.2) is 0 Å². The number of aromatic nitrogens is 1. The first-order valence-corrected chi connectivity index (χ1v) is 4.24. The van der Waals surface area contributed by atoms with E-state index >= 15 is 0 Å². The first-order chi connectivity index (χ1) is 5.33. The minimum absolute atomic E-state index is 1.12. The van der Waals surface area contributed by atoms with Crippen LogP contribution in [0, 0.1) is 6.92 Å². The molecular weight excluding hydrogens is 134 g/mol. The standard InChI is InChI=1S/C10H15N/c1-3-4-5-10-7-6-9(2)8-11-10/h6-8H,3-5H2,1-2H3. The van der Waals surface area contributed by atoms with Gasteiger partial charge in [0, 0.05) is 11.9 Å². The first kappa shape index (κ1) is 8.25. The molecule has 0 N–H and O–H groups in total. The van der Waals surface area contributed by atoms with Gasteiger partial charge in [-0.3, -0.25) is 4.98 Å². The van der Waals surface area contributed by atoms with E-state index in [1.165, 1.54) is 24.1 Å². The molecule has 1 aromatic heterocycles. The van der Waals surface area contributed by atoms with E-state index in [0.717, 1.165) is 6.42 Å². The summed E-state index contributed by atoms with van der Waals surface area (Å²) in [6, 6.07) is 4.24. The molecule has 0 radical (unpaired) electrons. The zero-order chi connectivity index (χ0) is 8.10. The van der Waals surface area contributed by atoms with Gasteiger partial charge in [-0.25, -0.2) is 0 Å². The van der Waals surface area contributed by atoms with Crippen molar-refractivity contribution in [2.24, 2.45) is 0 Å². The van der Waals surface area contributed by atoms with Gasteiger partial charge in [-0.05, 0) is 31.4 Å². The van der Waals surface area contributed by atoms with Crippen LogP contribution >= 0.6 is 0 Å². The summed E-state index contributed by atoms with van der Waals surface area (Å²) < 4.78 is 0. The third kappa shape index (κ3) is 2.71. The fraction of sp³-hybridized carbons (Fsp3) is 0.500. The van der Waals surface area contributed by atoms with Crippen molar-refractivity contribution in [3.63, 3.8) is 0 Å². The van der Waals surface area contributed by atoms with Crippen molar-refractivity contribution in [3.8, 4) is 0 Å². The molecule has 1 heterocycles. The molecule has 60 valence electrons. The van der Waals surface area contributed by atoms with E-state index in [-0.39, 0.29) is 0 Å². The summed E-state index contributed by atoms with van der Waals surface area (Å²) in [5.41, 5.74) is 2.46. The third-order valence-electron chi connectivity index (χ3n) is 1.76. The smallest absolute Gasteiger partial charge is 0.0403 e. The maximum atomic E-state index is 4.32. The fourth-order valence-corrected chi connectivity index (χ4v) is 1.00. The molecule has 1 rings (SSSR count). The Balaban J connectivity index is 2.52. The summed E-state index contributed by atoms with van der Waals surface area (Å²) in [6.45, 7) is 4.27. The van der Waals surface area contributed by atoms with Crippen molar-refractivity contribution in [1.82, 2.24) is 4.98 Å². The van der Waals surface area contributed by atoms with E-state index in [0.29, 0.717) is 0 Å². The highest BCUT2D eigenvalue weighted by molar-refractivity contribution is 5.12. The van der Waals surface area contributed by atoms with Crippen LogP contribution in [-0.4, -0.2) is 4.98 Å². The molecule has 0 spiro atoms. The van der Waals surface area contributed by atoms with Crippen molar-refractivity contribution in [2.75, 3.05) is 0 Å². The van der Waals surface area contributed by atoms with Gasteiger partial charge in [-0.2, -0.15) is 0 Å². The molecule has 0 amide bonds. The second kappa shape index (κ2) is 4.12. The van der Waals surface area contributed by atoms with Crippen molar-refractivity contribution in [3.05, 3.63) is 29.6 Å². The van der Waals surface area contributed by atoms with Crippen molar-refractivity contribution >= 4 is 0 Å². The minimum Gasteiger partial charge on any atom is -0.261 e. The predicted molar refractivity (Wildman–Crippen MR) is 47.6 cm³/mol. The van der Waals surface area contributed by atoms with Crippen LogP contribution in [-0.2, 0) is 6.42 Å². The molecule has 0 aliphatic rings. The number of unbranched alkanes of at least 4 members (excludes halogenated alkanes) is 1. The van der Waals surface area contributed by atoms with Gasteiger partial charge in [0.25, 0.3) is 0 Å². The summed E-state index contributed by atoms with van der Waals surface area (Å²) >= 11 is 0. The first-order valence-electron chi connectivity index (χ1n) is 4.24. The Bertz CT molecular complexity index is 201. The Morgan fingerprint density at radius 2 is 2.18 bits per heavy atom. The van der Waals surface area contributed by atoms with Crippen LogP contribution in [0.3, 0.4) is 0 Å². The maximum absolute atomic E-state index is 4.32. The van der Waals surface area contributed by atoms with E-state index in [1.807, 2.05) is 6.20 Å². The van der Waals surface area contributed by atoms with Crippen LogP contribution in [0.15, 0.2) is 18.3 Å². The van der Waals surface area contributed by atoms with Crippen molar-refractivity contribution in [2.45, 2.75) is 33.1 Å². The molecule has 1 nitrogen and oxygen atoms in total. The Kier molecular flexibility index (Phi) is 3.09. The number of hydrogen-bond acceptors (Lipinski definition) is 1. The third-order valence-corrected chi connectivity index (χ3v) is 1.76. The quantitative estimate of drug-likeness (QED) is 0.644. The second-order valence-corrected chi connectivity index (χ2v) is 2.93. The fourth-order valence-electron chi connectivity index (χ4n) is 1.00. The van der Waals surface area contributed by atoms with E-state index in [4.69, 9.17) is 0 Å². The molecule has 0 aliphatic heterocycles. The van der Waals surface area contributed by atoms with Gasteiger partial charge < -0.3 is 0 Å². The highest BCUT2D eigenvalue weighted by Gasteiger charge is 1.91. The summed E-state index contributed by atoms with van der Waals surface area (Å²) in [4.78, 5) is 4.32. The average Bonchev–Trinajstić information content (AvgIpc) is 2.04. The van der Waals surface area contributed by atoms with Crippen molar-refractivity contribution in [1.29, 1.82) is 0 Å². The van der Waals surface area contributed by atoms with Gasteiger partial charge in [-0.1, -0.05) is 19.4 Å². The highest BCUT2D eigenvalue weighted by atomic mass is 14.7. The van der Waals surface area contributed by atoms with Crippen LogP contribution in [0.2, 0.25) is 0 Å². The van der Waals surface area contributed by atoms with Gasteiger partial charge in [0.1, 0.15) is 0 Å². The lowest BCUT2D eigenvalue weighted by Gasteiger charge is -1.97. The molecule has 0 atom stereocenters. The SMILES string of the molecule is CCCCc1ccc(C)cn1. The molecular formula is C10H15N. The molecule has 0 unspecified atom stereocenters. The number of nitrogens with zero attached hydrogens (tertiary/aromatic N) is 1. The topological polar surface area (TPSA) is 12.9 Å². The van der Waals surface area contributed by atoms with E-state index in [9.17, 15) is 0 Å². The maximum Gasteiger partial charge on any atom is 0.0403 e. The average molecular weight is 149 g/mol. The minimum atomic E-state index is 1.12. The molecule has 0 aromatic carbocycles. The number of aryl methyl sites for hydroxylation is 2. The summed E-state index contributed by atoms with van der Waals surface area (Å²) in [5, 5.41) is 0. The molecule has 0 aliphatic carbocycles. The Hall–Kier alpha value is -0.850. The second-order valence-electron chi connectivity index (χ2n) is 2.93. The van der Waals surface area contributed by atoms with E-state index < -0.39 is 0 Å².